The molecule has 2 aliphatic rings. The van der Waals surface area contributed by atoms with Crippen molar-refractivity contribution in [1.82, 2.24) is 20.2 Å². The number of aliphatic carboxylic acids is 1. The number of likely N-dealkylation sites (tertiary alicyclic amines) is 1. The summed E-state index contributed by atoms with van der Waals surface area (Å²) in [5, 5.41) is 14.9. The number of methoxy groups -OCH3 is 1. The Morgan fingerprint density at radius 3 is 2.56 bits per heavy atom. The van der Waals surface area contributed by atoms with Crippen molar-refractivity contribution in [3.63, 3.8) is 0 Å². The number of H-pyrrole nitrogens is 1. The van der Waals surface area contributed by atoms with E-state index < -0.39 is 47.2 Å². The van der Waals surface area contributed by atoms with Crippen molar-refractivity contribution in [3.05, 3.63) is 87.5 Å². The van der Waals surface area contributed by atoms with Crippen LogP contribution < -0.4 is 5.32 Å². The number of fused-ring (bicyclic) bond motifs is 2. The standard InChI is InChI=1S/C30H28N4O6S/c1-16-22(41-15-32-16)11-12-34-26(35)23-24(27(34)36)30(29(38)39,13-19-14-31-21-6-4-3-5-20(19)21)33-25(23)17-7-9-18(10-8-17)28(37)40-2/h3-10,14-15,23-25,31,33H,11-13H2,1-2H3,(H,38,39). The summed E-state index contributed by atoms with van der Waals surface area (Å²) in [6, 6.07) is 13.3. The van der Waals surface area contributed by atoms with Gasteiger partial charge in [0, 0.05) is 47.4 Å². The van der Waals surface area contributed by atoms with E-state index in [0.29, 0.717) is 17.5 Å². The van der Waals surface area contributed by atoms with Crippen LogP contribution in [0.2, 0.25) is 0 Å². The van der Waals surface area contributed by atoms with Crippen LogP contribution in [-0.2, 0) is 32.0 Å². The summed E-state index contributed by atoms with van der Waals surface area (Å²) in [6.07, 6.45) is 2.20. The summed E-state index contributed by atoms with van der Waals surface area (Å²) in [4.78, 5) is 62.8. The Labute approximate surface area is 239 Å². The second kappa shape index (κ2) is 10.2. The Hall–Kier alpha value is -4.35. The van der Waals surface area contributed by atoms with Crippen LogP contribution in [0.3, 0.4) is 0 Å². The average Bonchev–Trinajstić information content (AvgIpc) is 3.73. The number of imide groups is 1. The van der Waals surface area contributed by atoms with Crippen LogP contribution in [0.15, 0.2) is 60.2 Å². The van der Waals surface area contributed by atoms with Crippen LogP contribution in [-0.4, -0.2) is 62.9 Å². The van der Waals surface area contributed by atoms with Crippen molar-refractivity contribution in [2.75, 3.05) is 13.7 Å². The number of ether oxygens (including phenoxy) is 1. The summed E-state index contributed by atoms with van der Waals surface area (Å²) in [7, 11) is 1.29. The number of carbonyl (C=O) groups is 4. The third kappa shape index (κ3) is 4.32. The molecule has 10 nitrogen and oxygen atoms in total. The summed E-state index contributed by atoms with van der Waals surface area (Å²) in [6.45, 7) is 2.02. The number of carboxylic acid groups (broad SMARTS) is 1. The lowest BCUT2D eigenvalue weighted by atomic mass is 9.76. The summed E-state index contributed by atoms with van der Waals surface area (Å²) >= 11 is 1.46. The van der Waals surface area contributed by atoms with Crippen molar-refractivity contribution < 1.29 is 29.0 Å². The Morgan fingerprint density at radius 1 is 1.12 bits per heavy atom. The zero-order valence-electron chi connectivity index (χ0n) is 22.4. The largest absolute Gasteiger partial charge is 0.480 e. The minimum Gasteiger partial charge on any atom is -0.480 e. The number of nitrogens with one attached hydrogen (secondary N) is 2. The molecule has 2 amide bonds. The number of carbonyl (C=O) groups excluding carboxylic acids is 3. The van der Waals surface area contributed by atoms with Crippen molar-refractivity contribution in [1.29, 1.82) is 0 Å². The zero-order valence-corrected chi connectivity index (χ0v) is 23.2. The minimum atomic E-state index is -1.75. The number of para-hydroxylation sites is 1. The molecule has 0 spiro atoms. The van der Waals surface area contributed by atoms with E-state index in [2.05, 4.69) is 15.3 Å². The Morgan fingerprint density at radius 2 is 1.88 bits per heavy atom. The lowest BCUT2D eigenvalue weighted by Crippen LogP contribution is -2.57. The molecule has 0 bridgehead atoms. The molecule has 3 N–H and O–H groups in total. The number of aryl methyl sites for hydroxylation is 1. The van der Waals surface area contributed by atoms with Gasteiger partial charge in [-0.1, -0.05) is 30.3 Å². The summed E-state index contributed by atoms with van der Waals surface area (Å²) < 4.78 is 4.80. The first kappa shape index (κ1) is 26.9. The molecule has 2 fully saturated rings. The average molecular weight is 573 g/mol. The highest BCUT2D eigenvalue weighted by Crippen LogP contribution is 2.50. The van der Waals surface area contributed by atoms with Crippen LogP contribution >= 0.6 is 11.3 Å². The Bertz CT molecular complexity index is 1680. The molecule has 4 unspecified atom stereocenters. The van der Waals surface area contributed by atoms with E-state index in [0.717, 1.165) is 27.0 Å². The van der Waals surface area contributed by atoms with Gasteiger partial charge in [-0.2, -0.15) is 0 Å². The lowest BCUT2D eigenvalue weighted by molar-refractivity contribution is -0.151. The van der Waals surface area contributed by atoms with E-state index in [1.54, 1.807) is 36.0 Å². The van der Waals surface area contributed by atoms with E-state index in [9.17, 15) is 24.3 Å². The molecule has 41 heavy (non-hydrogen) atoms. The van der Waals surface area contributed by atoms with Crippen LogP contribution in [0.1, 0.15) is 38.1 Å². The molecule has 210 valence electrons. The highest BCUT2D eigenvalue weighted by Gasteiger charge is 2.68. The van der Waals surface area contributed by atoms with Gasteiger partial charge < -0.3 is 14.8 Å². The van der Waals surface area contributed by atoms with Crippen LogP contribution in [0, 0.1) is 18.8 Å². The van der Waals surface area contributed by atoms with Gasteiger partial charge in [0.05, 0.1) is 35.7 Å². The number of hydrogen-bond donors (Lipinski definition) is 3. The number of aromatic nitrogens is 2. The highest BCUT2D eigenvalue weighted by molar-refractivity contribution is 7.09. The van der Waals surface area contributed by atoms with Crippen molar-refractivity contribution >= 4 is 46.0 Å². The van der Waals surface area contributed by atoms with Crippen LogP contribution in [0.4, 0.5) is 0 Å². The number of thiazole rings is 1. The molecule has 4 aromatic rings. The monoisotopic (exact) mass is 572 g/mol. The summed E-state index contributed by atoms with van der Waals surface area (Å²) in [5.74, 6) is -4.67. The zero-order chi connectivity index (χ0) is 28.9. The van der Waals surface area contributed by atoms with E-state index in [4.69, 9.17) is 4.74 Å². The number of carboxylic acids is 1. The fourth-order valence-corrected chi connectivity index (χ4v) is 7.08. The molecule has 2 aliphatic heterocycles. The van der Waals surface area contributed by atoms with Crippen molar-refractivity contribution in [2.45, 2.75) is 31.3 Å². The predicted octanol–water partition coefficient (Wildman–Crippen LogP) is 3.27. The molecule has 6 rings (SSSR count). The van der Waals surface area contributed by atoms with Gasteiger partial charge in [-0.15, -0.1) is 11.3 Å². The van der Waals surface area contributed by atoms with Gasteiger partial charge in [-0.3, -0.25) is 24.6 Å². The maximum Gasteiger partial charge on any atom is 0.337 e. The Kier molecular flexibility index (Phi) is 6.71. The van der Waals surface area contributed by atoms with Crippen molar-refractivity contribution in [3.8, 4) is 0 Å². The minimum absolute atomic E-state index is 0.00886. The maximum absolute atomic E-state index is 14.0. The molecular weight excluding hydrogens is 544 g/mol. The maximum atomic E-state index is 14.0. The fourth-order valence-electron chi connectivity index (χ4n) is 6.31. The molecule has 2 aromatic heterocycles. The van der Waals surface area contributed by atoms with Gasteiger partial charge in [0.25, 0.3) is 0 Å². The van der Waals surface area contributed by atoms with Gasteiger partial charge in [0.1, 0.15) is 5.54 Å². The first-order chi connectivity index (χ1) is 19.7. The SMILES string of the molecule is COC(=O)c1ccc(C2NC(Cc3c[nH]c4ccccc34)(C(=O)O)C3C(=O)N(CCc4scnc4C)C(=O)C23)cc1. The number of hydrogen-bond acceptors (Lipinski definition) is 8. The number of aromatic amines is 1. The van der Waals surface area contributed by atoms with E-state index >= 15 is 0 Å². The summed E-state index contributed by atoms with van der Waals surface area (Å²) in [5.41, 5.74) is 3.34. The van der Waals surface area contributed by atoms with Gasteiger partial charge >= 0.3 is 11.9 Å². The molecule has 2 saturated heterocycles. The number of amides is 2. The number of rotatable bonds is 8. The number of esters is 1. The molecule has 0 radical (unpaired) electrons. The second-order valence-corrected chi connectivity index (χ2v) is 11.4. The first-order valence-electron chi connectivity index (χ1n) is 13.2. The molecular formula is C30H28N4O6S. The molecule has 0 saturated carbocycles. The normalized spacial score (nSPS) is 23.8. The number of benzene rings is 2. The highest BCUT2D eigenvalue weighted by atomic mass is 32.1. The van der Waals surface area contributed by atoms with Gasteiger partial charge in [-0.05, 0) is 36.2 Å². The lowest BCUT2D eigenvalue weighted by Gasteiger charge is -2.31. The smallest absolute Gasteiger partial charge is 0.337 e. The second-order valence-electron chi connectivity index (χ2n) is 10.5. The van der Waals surface area contributed by atoms with E-state index in [-0.39, 0.29) is 13.0 Å². The van der Waals surface area contributed by atoms with Gasteiger partial charge in [-0.25, -0.2) is 9.78 Å². The van der Waals surface area contributed by atoms with E-state index in [1.807, 2.05) is 31.2 Å². The third-order valence-corrected chi connectivity index (χ3v) is 9.36. The first-order valence-corrected chi connectivity index (χ1v) is 14.1. The van der Waals surface area contributed by atoms with Gasteiger partial charge in [0.15, 0.2) is 0 Å². The van der Waals surface area contributed by atoms with Gasteiger partial charge in [0.2, 0.25) is 11.8 Å². The van der Waals surface area contributed by atoms with E-state index in [1.165, 1.54) is 23.3 Å². The third-order valence-electron chi connectivity index (χ3n) is 8.37. The Balaban J connectivity index is 1.42. The number of nitrogens with zero attached hydrogens (tertiary/aromatic N) is 2. The fraction of sp³-hybridized carbons (Fsp3) is 0.300. The predicted molar refractivity (Wildman–Crippen MR) is 150 cm³/mol. The van der Waals surface area contributed by atoms with Crippen molar-refractivity contribution in [2.24, 2.45) is 11.8 Å². The molecule has 11 heteroatoms. The van der Waals surface area contributed by atoms with Crippen LogP contribution in [0.5, 0.6) is 0 Å². The van der Waals surface area contributed by atoms with Crippen LogP contribution in [0.25, 0.3) is 10.9 Å². The molecule has 4 heterocycles. The molecule has 4 atom stereocenters. The molecule has 2 aromatic carbocycles. The quantitative estimate of drug-likeness (QED) is 0.216. The molecule has 0 aliphatic carbocycles. The topological polar surface area (TPSA) is 142 Å².